The van der Waals surface area contributed by atoms with Crippen LogP contribution in [-0.2, 0) is 18.9 Å². The molecule has 2 heterocycles. The van der Waals surface area contributed by atoms with Gasteiger partial charge in [0.1, 0.15) is 30.5 Å². The van der Waals surface area contributed by atoms with E-state index in [1.165, 1.54) is 7.11 Å². The van der Waals surface area contributed by atoms with E-state index in [0.717, 1.165) is 0 Å². The zero-order valence-electron chi connectivity index (χ0n) is 12.5. The zero-order chi connectivity index (χ0) is 16.4. The third kappa shape index (κ3) is 3.58. The van der Waals surface area contributed by atoms with Crippen LogP contribution in [0.3, 0.4) is 0 Å². The predicted molar refractivity (Wildman–Crippen MR) is 70.6 cm³/mol. The summed E-state index contributed by atoms with van der Waals surface area (Å²) in [5, 5.41) is 48.2. The fourth-order valence-corrected chi connectivity index (χ4v) is 2.78. The third-order valence-electron chi connectivity index (χ3n) is 4.08. The standard InChI is InChI=1S/C13H24O9/c1-5-12(6(19-2)3-8(15)20-5)22-13-11(18)10(17)9(16)7(4-14)21-13/h5-18H,3-4H2,1-2H3/t5-,6+,7-,8-,9-,10+,11-,12-,13+/m1/s1. The van der Waals surface area contributed by atoms with Gasteiger partial charge >= 0.3 is 0 Å². The van der Waals surface area contributed by atoms with Crippen LogP contribution in [0.25, 0.3) is 0 Å². The molecule has 2 saturated heterocycles. The minimum absolute atomic E-state index is 0.183. The Morgan fingerprint density at radius 1 is 1.05 bits per heavy atom. The van der Waals surface area contributed by atoms with Crippen molar-refractivity contribution in [1.82, 2.24) is 0 Å². The Labute approximate surface area is 128 Å². The molecule has 0 aromatic rings. The molecule has 2 fully saturated rings. The largest absolute Gasteiger partial charge is 0.394 e. The summed E-state index contributed by atoms with van der Waals surface area (Å²) in [6.07, 6.45) is -9.24. The van der Waals surface area contributed by atoms with Crippen molar-refractivity contribution in [3.05, 3.63) is 0 Å². The van der Waals surface area contributed by atoms with Crippen molar-refractivity contribution in [3.8, 4) is 0 Å². The Morgan fingerprint density at radius 3 is 2.32 bits per heavy atom. The Kier molecular flexibility index (Phi) is 6.11. The summed E-state index contributed by atoms with van der Waals surface area (Å²) >= 11 is 0. The Hall–Kier alpha value is -0.360. The van der Waals surface area contributed by atoms with E-state index in [1.807, 2.05) is 0 Å². The van der Waals surface area contributed by atoms with E-state index < -0.39 is 61.9 Å². The smallest absolute Gasteiger partial charge is 0.187 e. The molecule has 130 valence electrons. The molecule has 9 atom stereocenters. The predicted octanol–water partition coefficient (Wildman–Crippen LogP) is -2.69. The lowest BCUT2D eigenvalue weighted by Gasteiger charge is -2.44. The molecule has 0 bridgehead atoms. The van der Waals surface area contributed by atoms with Crippen LogP contribution in [0.1, 0.15) is 13.3 Å². The van der Waals surface area contributed by atoms with Gasteiger partial charge in [0.25, 0.3) is 0 Å². The van der Waals surface area contributed by atoms with Crippen LogP contribution in [0.5, 0.6) is 0 Å². The molecular formula is C13H24O9. The number of ether oxygens (including phenoxy) is 4. The van der Waals surface area contributed by atoms with Crippen molar-refractivity contribution in [2.45, 2.75) is 68.7 Å². The second-order valence-corrected chi connectivity index (χ2v) is 5.60. The van der Waals surface area contributed by atoms with Crippen LogP contribution < -0.4 is 0 Å². The van der Waals surface area contributed by atoms with Gasteiger partial charge in [-0.15, -0.1) is 0 Å². The summed E-state index contributed by atoms with van der Waals surface area (Å²) in [6.45, 7) is 1.14. The Balaban J connectivity index is 2.07. The topological polar surface area (TPSA) is 138 Å². The van der Waals surface area contributed by atoms with Crippen molar-refractivity contribution in [3.63, 3.8) is 0 Å². The highest BCUT2D eigenvalue weighted by molar-refractivity contribution is 4.91. The lowest BCUT2D eigenvalue weighted by molar-refractivity contribution is -0.340. The highest BCUT2D eigenvalue weighted by Gasteiger charge is 2.47. The van der Waals surface area contributed by atoms with Crippen molar-refractivity contribution in [2.24, 2.45) is 0 Å². The molecule has 9 nitrogen and oxygen atoms in total. The van der Waals surface area contributed by atoms with Gasteiger partial charge in [0.2, 0.25) is 0 Å². The van der Waals surface area contributed by atoms with Gasteiger partial charge in [-0.1, -0.05) is 0 Å². The molecule has 0 aromatic carbocycles. The first-order valence-electron chi connectivity index (χ1n) is 7.21. The molecule has 2 aliphatic rings. The number of hydrogen-bond donors (Lipinski definition) is 5. The third-order valence-corrected chi connectivity index (χ3v) is 4.08. The molecule has 22 heavy (non-hydrogen) atoms. The minimum Gasteiger partial charge on any atom is -0.394 e. The van der Waals surface area contributed by atoms with Crippen molar-refractivity contribution in [2.75, 3.05) is 13.7 Å². The van der Waals surface area contributed by atoms with Crippen molar-refractivity contribution >= 4 is 0 Å². The molecule has 2 aliphatic heterocycles. The fourth-order valence-electron chi connectivity index (χ4n) is 2.78. The molecule has 0 saturated carbocycles. The molecule has 0 spiro atoms. The summed E-state index contributed by atoms with van der Waals surface area (Å²) in [5.41, 5.74) is 0. The second kappa shape index (κ2) is 7.47. The van der Waals surface area contributed by atoms with Gasteiger partial charge in [0.05, 0.1) is 18.8 Å². The number of aliphatic hydroxyl groups is 5. The summed E-state index contributed by atoms with van der Waals surface area (Å²) in [4.78, 5) is 0. The maximum atomic E-state index is 9.98. The summed E-state index contributed by atoms with van der Waals surface area (Å²) < 4.78 is 21.5. The number of aliphatic hydroxyl groups excluding tert-OH is 5. The first-order valence-corrected chi connectivity index (χ1v) is 7.21. The molecule has 9 heteroatoms. The monoisotopic (exact) mass is 324 g/mol. The average Bonchev–Trinajstić information content (AvgIpc) is 2.49. The van der Waals surface area contributed by atoms with Crippen LogP contribution >= 0.6 is 0 Å². The van der Waals surface area contributed by atoms with E-state index in [-0.39, 0.29) is 6.42 Å². The maximum absolute atomic E-state index is 9.98. The van der Waals surface area contributed by atoms with Crippen LogP contribution in [0.4, 0.5) is 0 Å². The van der Waals surface area contributed by atoms with Crippen LogP contribution in [0.15, 0.2) is 0 Å². The van der Waals surface area contributed by atoms with Gasteiger partial charge in [-0.2, -0.15) is 0 Å². The van der Waals surface area contributed by atoms with Crippen LogP contribution in [0.2, 0.25) is 0 Å². The van der Waals surface area contributed by atoms with E-state index in [4.69, 9.17) is 24.1 Å². The lowest BCUT2D eigenvalue weighted by atomic mass is 9.98. The van der Waals surface area contributed by atoms with Crippen molar-refractivity contribution < 1.29 is 44.5 Å². The normalized spacial score (nSPS) is 50.0. The summed E-state index contributed by atoms with van der Waals surface area (Å²) in [6, 6.07) is 0. The maximum Gasteiger partial charge on any atom is 0.187 e. The van der Waals surface area contributed by atoms with Gasteiger partial charge in [0, 0.05) is 13.5 Å². The molecule has 0 radical (unpaired) electrons. The molecule has 5 N–H and O–H groups in total. The molecule has 0 unspecified atom stereocenters. The second-order valence-electron chi connectivity index (χ2n) is 5.60. The number of methoxy groups -OCH3 is 1. The van der Waals surface area contributed by atoms with Gasteiger partial charge < -0.3 is 44.5 Å². The van der Waals surface area contributed by atoms with Crippen molar-refractivity contribution in [1.29, 1.82) is 0 Å². The van der Waals surface area contributed by atoms with Gasteiger partial charge in [-0.25, -0.2) is 0 Å². The first kappa shape index (κ1) is 18.0. The number of rotatable bonds is 4. The number of hydrogen-bond acceptors (Lipinski definition) is 9. The summed E-state index contributed by atoms with van der Waals surface area (Å²) in [7, 11) is 1.46. The zero-order valence-corrected chi connectivity index (χ0v) is 12.5. The molecule has 2 rings (SSSR count). The Morgan fingerprint density at radius 2 is 1.73 bits per heavy atom. The summed E-state index contributed by atoms with van der Waals surface area (Å²) in [5.74, 6) is 0. The van der Waals surface area contributed by atoms with Gasteiger partial charge in [0.15, 0.2) is 12.6 Å². The van der Waals surface area contributed by atoms with E-state index >= 15 is 0 Å². The van der Waals surface area contributed by atoms with Crippen LogP contribution in [-0.4, -0.2) is 94.6 Å². The lowest BCUT2D eigenvalue weighted by Crippen LogP contribution is -2.61. The minimum atomic E-state index is -1.51. The first-order chi connectivity index (χ1) is 10.4. The SMILES string of the molecule is CO[C@H]1C[C@H](O)O[C@H](C)[C@H]1O[C@@H]1O[C@H](CO)[C@@H](O)[C@H](O)[C@H]1O. The molecule has 0 aromatic heterocycles. The van der Waals surface area contributed by atoms with Crippen LogP contribution in [0, 0.1) is 0 Å². The molecule has 0 amide bonds. The van der Waals surface area contributed by atoms with Gasteiger partial charge in [-0.3, -0.25) is 0 Å². The highest BCUT2D eigenvalue weighted by atomic mass is 16.7. The molecule has 0 aliphatic carbocycles. The van der Waals surface area contributed by atoms with E-state index in [2.05, 4.69) is 0 Å². The quantitative estimate of drug-likeness (QED) is 0.374. The van der Waals surface area contributed by atoms with E-state index in [0.29, 0.717) is 0 Å². The highest BCUT2D eigenvalue weighted by Crippen LogP contribution is 2.29. The van der Waals surface area contributed by atoms with Gasteiger partial charge in [-0.05, 0) is 6.92 Å². The van der Waals surface area contributed by atoms with E-state index in [1.54, 1.807) is 6.92 Å². The molecular weight excluding hydrogens is 300 g/mol. The van der Waals surface area contributed by atoms with E-state index in [9.17, 15) is 20.4 Å². The average molecular weight is 324 g/mol. The Bertz CT molecular complexity index is 352. The fraction of sp³-hybridized carbons (Fsp3) is 1.00.